The summed E-state index contributed by atoms with van der Waals surface area (Å²) >= 11 is 0. The monoisotopic (exact) mass is 406 g/mol. The summed E-state index contributed by atoms with van der Waals surface area (Å²) in [4.78, 5) is 12.7. The Balaban J connectivity index is 1.27. The molecule has 0 saturated heterocycles. The fraction of sp³-hybridized carbons (Fsp3) is 0.381. The molecule has 2 saturated carbocycles. The molecule has 6 rings (SSSR count). The lowest BCUT2D eigenvalue weighted by molar-refractivity contribution is -0.0273. The molecule has 5 atom stereocenters. The van der Waals surface area contributed by atoms with Crippen LogP contribution in [-0.4, -0.2) is 52.9 Å². The second kappa shape index (κ2) is 5.93. The van der Waals surface area contributed by atoms with Crippen LogP contribution in [0, 0.1) is 18.3 Å². The molecule has 4 N–H and O–H groups in total. The minimum Gasteiger partial charge on any atom is -0.493 e. The third-order valence-electron chi connectivity index (χ3n) is 6.89. The molecule has 0 amide bonds. The number of nitrogen functional groups attached to an aromatic ring is 1. The Morgan fingerprint density at radius 2 is 2.10 bits per heavy atom. The fourth-order valence-electron chi connectivity index (χ4n) is 5.15. The van der Waals surface area contributed by atoms with E-state index in [2.05, 4.69) is 15.0 Å². The van der Waals surface area contributed by atoms with E-state index < -0.39 is 17.6 Å². The molecule has 0 aromatic carbocycles. The van der Waals surface area contributed by atoms with Crippen LogP contribution in [-0.2, 0) is 0 Å². The number of pyridine rings is 1. The maximum atomic E-state index is 10.9. The fourth-order valence-corrected chi connectivity index (χ4v) is 5.15. The van der Waals surface area contributed by atoms with Crippen LogP contribution in [0.15, 0.2) is 43.1 Å². The number of aliphatic hydroxyl groups is 2. The summed E-state index contributed by atoms with van der Waals surface area (Å²) in [6.07, 6.45) is 6.02. The van der Waals surface area contributed by atoms with Crippen molar-refractivity contribution in [1.82, 2.24) is 23.9 Å². The third-order valence-corrected chi connectivity index (χ3v) is 6.89. The Morgan fingerprint density at radius 1 is 1.23 bits per heavy atom. The van der Waals surface area contributed by atoms with Crippen LogP contribution in [0.3, 0.4) is 0 Å². The predicted molar refractivity (Wildman–Crippen MR) is 109 cm³/mol. The van der Waals surface area contributed by atoms with E-state index in [0.29, 0.717) is 23.8 Å². The van der Waals surface area contributed by atoms with E-state index in [-0.39, 0.29) is 12.0 Å². The number of anilines is 1. The van der Waals surface area contributed by atoms with E-state index in [9.17, 15) is 10.2 Å². The number of imidazole rings is 1. The number of nitrogens with zero attached hydrogens (tertiary/aromatic N) is 5. The molecule has 0 bridgehead atoms. The maximum Gasteiger partial charge on any atom is 0.145 e. The van der Waals surface area contributed by atoms with Crippen molar-refractivity contribution in [1.29, 1.82) is 0 Å². The van der Waals surface area contributed by atoms with Crippen molar-refractivity contribution in [2.24, 2.45) is 11.3 Å². The van der Waals surface area contributed by atoms with E-state index in [0.717, 1.165) is 23.1 Å². The molecule has 4 aromatic rings. The standard InChI is InChI=1S/C21H22N6O3/c1-11-8-23-15-6-12(2-4-26(11)15)30-9-21-7-14(21)16(17(28)18(21)29)27-5-3-13-19(22)24-10-25-20(13)27/h2-6,8,10,14,16-18,28-29H,7,9H2,1H3,(H2,22,24,25)/t14-,16-,17+,18+,21+/m1/s1. The minimum atomic E-state index is -0.906. The number of hydrogen-bond donors (Lipinski definition) is 3. The molecule has 0 unspecified atom stereocenters. The molecule has 9 nitrogen and oxygen atoms in total. The minimum absolute atomic E-state index is 0.0895. The summed E-state index contributed by atoms with van der Waals surface area (Å²) in [5.74, 6) is 1.19. The zero-order valence-corrected chi connectivity index (χ0v) is 16.4. The molecule has 9 heteroatoms. The zero-order chi connectivity index (χ0) is 20.6. The van der Waals surface area contributed by atoms with E-state index in [4.69, 9.17) is 10.5 Å². The Bertz CT molecular complexity index is 1280. The van der Waals surface area contributed by atoms with Gasteiger partial charge in [0, 0.05) is 35.8 Å². The molecule has 0 radical (unpaired) electrons. The first-order valence-corrected chi connectivity index (χ1v) is 9.99. The molecular weight excluding hydrogens is 384 g/mol. The number of aliphatic hydroxyl groups excluding tert-OH is 2. The van der Waals surface area contributed by atoms with Crippen molar-refractivity contribution < 1.29 is 14.9 Å². The molecule has 154 valence electrons. The number of ether oxygens (including phenoxy) is 1. The first-order chi connectivity index (χ1) is 14.5. The van der Waals surface area contributed by atoms with E-state index in [1.54, 1.807) is 0 Å². The largest absolute Gasteiger partial charge is 0.493 e. The molecule has 4 heterocycles. The van der Waals surface area contributed by atoms with Gasteiger partial charge in [0.05, 0.1) is 24.1 Å². The highest BCUT2D eigenvalue weighted by molar-refractivity contribution is 5.86. The van der Waals surface area contributed by atoms with Crippen LogP contribution < -0.4 is 10.5 Å². The molecule has 0 aliphatic heterocycles. The number of rotatable bonds is 4. The van der Waals surface area contributed by atoms with Crippen molar-refractivity contribution in [2.75, 3.05) is 12.3 Å². The lowest BCUT2D eigenvalue weighted by Crippen LogP contribution is -2.36. The normalized spacial score (nSPS) is 30.1. The van der Waals surface area contributed by atoms with Crippen molar-refractivity contribution in [2.45, 2.75) is 31.6 Å². The summed E-state index contributed by atoms with van der Waals surface area (Å²) in [5.41, 5.74) is 8.01. The summed E-state index contributed by atoms with van der Waals surface area (Å²) in [6.45, 7) is 2.33. The summed E-state index contributed by atoms with van der Waals surface area (Å²) in [6, 6.07) is 5.34. The Morgan fingerprint density at radius 3 is 2.97 bits per heavy atom. The number of aromatic nitrogens is 5. The van der Waals surface area contributed by atoms with Crippen LogP contribution >= 0.6 is 0 Å². The van der Waals surface area contributed by atoms with E-state index in [1.807, 2.05) is 52.7 Å². The zero-order valence-electron chi connectivity index (χ0n) is 16.4. The average Bonchev–Trinajstić information content (AvgIpc) is 3.00. The first-order valence-electron chi connectivity index (χ1n) is 9.99. The Hall–Kier alpha value is -3.17. The van der Waals surface area contributed by atoms with Gasteiger partial charge >= 0.3 is 0 Å². The summed E-state index contributed by atoms with van der Waals surface area (Å²) in [7, 11) is 0. The summed E-state index contributed by atoms with van der Waals surface area (Å²) < 4.78 is 9.97. The van der Waals surface area contributed by atoms with Crippen LogP contribution in [0.5, 0.6) is 5.75 Å². The Labute approximate surface area is 171 Å². The van der Waals surface area contributed by atoms with Gasteiger partial charge in [-0.05, 0) is 31.4 Å². The number of nitrogens with two attached hydrogens (primary N) is 1. The van der Waals surface area contributed by atoms with Gasteiger partial charge in [0.25, 0.3) is 0 Å². The van der Waals surface area contributed by atoms with Crippen LogP contribution in [0.2, 0.25) is 0 Å². The number of hydrogen-bond acceptors (Lipinski definition) is 7. The highest BCUT2D eigenvalue weighted by Crippen LogP contribution is 2.67. The second-order valence-corrected chi connectivity index (χ2v) is 8.47. The van der Waals surface area contributed by atoms with Crippen LogP contribution in [0.1, 0.15) is 18.2 Å². The van der Waals surface area contributed by atoms with Gasteiger partial charge in [-0.15, -0.1) is 0 Å². The van der Waals surface area contributed by atoms with Gasteiger partial charge < -0.3 is 29.7 Å². The first kappa shape index (κ1) is 17.7. The average molecular weight is 406 g/mol. The van der Waals surface area contributed by atoms with Gasteiger partial charge in [0.2, 0.25) is 0 Å². The molecule has 30 heavy (non-hydrogen) atoms. The molecular formula is C21H22N6O3. The molecule has 2 aliphatic rings. The highest BCUT2D eigenvalue weighted by atomic mass is 16.5. The van der Waals surface area contributed by atoms with Crippen molar-refractivity contribution in [3.05, 3.63) is 48.8 Å². The Kier molecular flexibility index (Phi) is 3.49. The van der Waals surface area contributed by atoms with Gasteiger partial charge in [0.15, 0.2) is 0 Å². The topological polar surface area (TPSA) is 124 Å². The third kappa shape index (κ3) is 2.27. The smallest absolute Gasteiger partial charge is 0.145 e. The SMILES string of the molecule is Cc1cnc2cc(OC[C@@]34C[C@@H]3[C@@H](n3ccc5c(N)ncnc53)[C@H](O)[C@@H]4O)ccn12. The van der Waals surface area contributed by atoms with Crippen molar-refractivity contribution >= 4 is 22.5 Å². The lowest BCUT2D eigenvalue weighted by atomic mass is 10.0. The molecule has 0 spiro atoms. The lowest BCUT2D eigenvalue weighted by Gasteiger charge is -2.24. The number of fused-ring (bicyclic) bond motifs is 3. The second-order valence-electron chi connectivity index (χ2n) is 8.47. The van der Waals surface area contributed by atoms with Gasteiger partial charge in [-0.1, -0.05) is 0 Å². The van der Waals surface area contributed by atoms with Gasteiger partial charge in [-0.25, -0.2) is 15.0 Å². The molecule has 2 fully saturated rings. The maximum absolute atomic E-state index is 10.9. The van der Waals surface area contributed by atoms with Gasteiger partial charge in [0.1, 0.15) is 35.3 Å². The van der Waals surface area contributed by atoms with Crippen molar-refractivity contribution in [3.63, 3.8) is 0 Å². The van der Waals surface area contributed by atoms with Gasteiger partial charge in [-0.2, -0.15) is 0 Å². The van der Waals surface area contributed by atoms with E-state index in [1.165, 1.54) is 6.33 Å². The number of aryl methyl sites for hydroxylation is 1. The van der Waals surface area contributed by atoms with E-state index >= 15 is 0 Å². The quantitative estimate of drug-likeness (QED) is 0.467. The highest BCUT2D eigenvalue weighted by Gasteiger charge is 2.72. The molecule has 2 aliphatic carbocycles. The van der Waals surface area contributed by atoms with Crippen LogP contribution in [0.25, 0.3) is 16.7 Å². The molecule has 4 aromatic heterocycles. The van der Waals surface area contributed by atoms with Gasteiger partial charge in [-0.3, -0.25) is 0 Å². The predicted octanol–water partition coefficient (Wildman–Crippen LogP) is 1.33. The van der Waals surface area contributed by atoms with Crippen molar-refractivity contribution in [3.8, 4) is 5.75 Å². The van der Waals surface area contributed by atoms with Crippen LogP contribution in [0.4, 0.5) is 5.82 Å². The summed E-state index contributed by atoms with van der Waals surface area (Å²) in [5, 5.41) is 22.5.